The third-order valence-electron chi connectivity index (χ3n) is 2.82. The van der Waals surface area contributed by atoms with Crippen molar-refractivity contribution in [3.63, 3.8) is 0 Å². The fourth-order valence-corrected chi connectivity index (χ4v) is 1.55. The van der Waals surface area contributed by atoms with E-state index in [0.717, 1.165) is 6.42 Å². The Kier molecular flexibility index (Phi) is 5.41. The number of urea groups is 1. The van der Waals surface area contributed by atoms with Crippen molar-refractivity contribution in [3.05, 3.63) is 0 Å². The molecular weight excluding hydrogens is 238 g/mol. The van der Waals surface area contributed by atoms with E-state index >= 15 is 0 Å². The molecule has 0 aromatic heterocycles. The third-order valence-corrected chi connectivity index (χ3v) is 2.82. The lowest BCUT2D eigenvalue weighted by molar-refractivity contribution is -0.139. The molecule has 0 bridgehead atoms. The van der Waals surface area contributed by atoms with Crippen LogP contribution in [-0.4, -0.2) is 35.6 Å². The maximum atomic E-state index is 11.4. The fraction of sp³-hybridized carbons (Fsp3) is 0.727. The van der Waals surface area contributed by atoms with E-state index < -0.39 is 23.9 Å². The van der Waals surface area contributed by atoms with Gasteiger partial charge in [-0.2, -0.15) is 0 Å². The summed E-state index contributed by atoms with van der Waals surface area (Å²) in [6, 6.07) is -1.61. The van der Waals surface area contributed by atoms with Crippen molar-refractivity contribution in [1.82, 2.24) is 10.6 Å². The number of amides is 3. The largest absolute Gasteiger partial charge is 0.480 e. The summed E-state index contributed by atoms with van der Waals surface area (Å²) >= 11 is 0. The first-order valence-corrected chi connectivity index (χ1v) is 6.04. The first-order chi connectivity index (χ1) is 8.49. The molecule has 0 radical (unpaired) electrons. The van der Waals surface area contributed by atoms with Gasteiger partial charge in [0.1, 0.15) is 6.04 Å². The zero-order chi connectivity index (χ0) is 13.5. The second-order valence-electron chi connectivity index (χ2n) is 4.53. The molecule has 7 heteroatoms. The minimum absolute atomic E-state index is 0.000706. The van der Waals surface area contributed by atoms with Crippen LogP contribution < -0.4 is 16.4 Å². The summed E-state index contributed by atoms with van der Waals surface area (Å²) in [4.78, 5) is 32.8. The molecule has 1 aliphatic rings. The maximum Gasteiger partial charge on any atom is 0.326 e. The molecule has 1 rings (SSSR count). The average molecular weight is 257 g/mol. The Labute approximate surface area is 105 Å². The molecule has 1 fully saturated rings. The molecule has 1 aliphatic carbocycles. The van der Waals surface area contributed by atoms with E-state index in [1.54, 1.807) is 0 Å². The number of aliphatic carboxylic acids is 1. The van der Waals surface area contributed by atoms with Gasteiger partial charge >= 0.3 is 12.0 Å². The highest BCUT2D eigenvalue weighted by Gasteiger charge is 2.22. The highest BCUT2D eigenvalue weighted by molar-refractivity contribution is 5.83. The number of nitrogens with one attached hydrogen (secondary N) is 2. The Hall–Kier alpha value is -1.79. The maximum absolute atomic E-state index is 11.4. The van der Waals surface area contributed by atoms with Crippen molar-refractivity contribution < 1.29 is 19.5 Å². The topological polar surface area (TPSA) is 122 Å². The predicted molar refractivity (Wildman–Crippen MR) is 63.7 cm³/mol. The lowest BCUT2D eigenvalue weighted by atomic mass is 10.1. The van der Waals surface area contributed by atoms with E-state index in [0.29, 0.717) is 12.5 Å². The van der Waals surface area contributed by atoms with Gasteiger partial charge in [0, 0.05) is 13.0 Å². The molecule has 18 heavy (non-hydrogen) atoms. The Balaban J connectivity index is 2.22. The van der Waals surface area contributed by atoms with Crippen molar-refractivity contribution in [2.75, 3.05) is 6.54 Å². The molecule has 7 nitrogen and oxygen atoms in total. The number of carboxylic acid groups (broad SMARTS) is 1. The minimum atomic E-state index is -1.17. The molecule has 0 saturated heterocycles. The number of carbonyl (C=O) groups is 3. The van der Waals surface area contributed by atoms with Crippen LogP contribution in [-0.2, 0) is 9.59 Å². The highest BCUT2D eigenvalue weighted by Crippen LogP contribution is 2.31. The standard InChI is InChI=1S/C11H19N3O4/c12-9(15)4-3-8(10(16)17)14-11(18)13-6-5-7-1-2-7/h7-8H,1-6H2,(H2,12,15)(H,16,17)(H2,13,14,18)/t8-/m1/s1. The predicted octanol–water partition coefficient (Wildman–Crippen LogP) is -0.196. The van der Waals surface area contributed by atoms with Crippen LogP contribution in [0.3, 0.4) is 0 Å². The second-order valence-corrected chi connectivity index (χ2v) is 4.53. The van der Waals surface area contributed by atoms with Gasteiger partial charge in [-0.25, -0.2) is 9.59 Å². The number of primary amides is 1. The number of hydrogen-bond donors (Lipinski definition) is 4. The van der Waals surface area contributed by atoms with Crippen molar-refractivity contribution in [2.24, 2.45) is 11.7 Å². The van der Waals surface area contributed by atoms with Gasteiger partial charge in [0.25, 0.3) is 0 Å². The lowest BCUT2D eigenvalue weighted by Gasteiger charge is -2.14. The van der Waals surface area contributed by atoms with Crippen LogP contribution in [0.25, 0.3) is 0 Å². The van der Waals surface area contributed by atoms with Crippen LogP contribution in [0.1, 0.15) is 32.1 Å². The van der Waals surface area contributed by atoms with Crippen LogP contribution in [0.5, 0.6) is 0 Å². The molecule has 0 aliphatic heterocycles. The zero-order valence-electron chi connectivity index (χ0n) is 10.1. The van der Waals surface area contributed by atoms with E-state index in [9.17, 15) is 14.4 Å². The third kappa shape index (κ3) is 6.07. The molecule has 1 atom stereocenters. The Morgan fingerprint density at radius 2 is 2.00 bits per heavy atom. The summed E-state index contributed by atoms with van der Waals surface area (Å²) in [7, 11) is 0. The van der Waals surface area contributed by atoms with Crippen molar-refractivity contribution >= 4 is 17.9 Å². The molecule has 0 aromatic rings. The quantitative estimate of drug-likeness (QED) is 0.481. The van der Waals surface area contributed by atoms with Gasteiger partial charge in [0.05, 0.1) is 0 Å². The summed E-state index contributed by atoms with van der Waals surface area (Å²) in [6.45, 7) is 0.540. The van der Waals surface area contributed by atoms with Crippen LogP contribution in [0.15, 0.2) is 0 Å². The monoisotopic (exact) mass is 257 g/mol. The van der Waals surface area contributed by atoms with Crippen LogP contribution in [0, 0.1) is 5.92 Å². The fourth-order valence-electron chi connectivity index (χ4n) is 1.55. The van der Waals surface area contributed by atoms with Crippen LogP contribution in [0.4, 0.5) is 4.79 Å². The Morgan fingerprint density at radius 1 is 1.33 bits per heavy atom. The minimum Gasteiger partial charge on any atom is -0.480 e. The first kappa shape index (κ1) is 14.3. The summed E-state index contributed by atoms with van der Waals surface area (Å²) < 4.78 is 0. The molecule has 5 N–H and O–H groups in total. The molecule has 0 heterocycles. The van der Waals surface area contributed by atoms with E-state index in [1.165, 1.54) is 12.8 Å². The van der Waals surface area contributed by atoms with E-state index in [1.807, 2.05) is 0 Å². The summed E-state index contributed by atoms with van der Waals surface area (Å²) in [5, 5.41) is 13.8. The number of hydrogen-bond acceptors (Lipinski definition) is 3. The van der Waals surface area contributed by atoms with Gasteiger partial charge in [0.2, 0.25) is 5.91 Å². The van der Waals surface area contributed by atoms with Gasteiger partial charge in [-0.1, -0.05) is 12.8 Å². The Bertz CT molecular complexity index is 328. The van der Waals surface area contributed by atoms with Gasteiger partial charge in [-0.3, -0.25) is 4.79 Å². The van der Waals surface area contributed by atoms with E-state index in [4.69, 9.17) is 10.8 Å². The molecule has 3 amide bonds. The molecule has 1 saturated carbocycles. The van der Waals surface area contributed by atoms with E-state index in [-0.39, 0.29) is 12.8 Å². The smallest absolute Gasteiger partial charge is 0.326 e. The normalized spacial score (nSPS) is 15.8. The van der Waals surface area contributed by atoms with Crippen molar-refractivity contribution in [1.29, 1.82) is 0 Å². The van der Waals surface area contributed by atoms with Gasteiger partial charge < -0.3 is 21.5 Å². The number of carboxylic acids is 1. The highest BCUT2D eigenvalue weighted by atomic mass is 16.4. The summed E-state index contributed by atoms with van der Waals surface area (Å²) in [5.41, 5.74) is 4.93. The molecule has 0 spiro atoms. The molecule has 0 unspecified atom stereocenters. The van der Waals surface area contributed by atoms with Crippen molar-refractivity contribution in [3.8, 4) is 0 Å². The SMILES string of the molecule is NC(=O)CC[C@@H](NC(=O)NCCC1CC1)C(=O)O. The lowest BCUT2D eigenvalue weighted by Crippen LogP contribution is -2.46. The average Bonchev–Trinajstić information content (AvgIpc) is 3.07. The van der Waals surface area contributed by atoms with Gasteiger partial charge in [-0.05, 0) is 18.8 Å². The van der Waals surface area contributed by atoms with Gasteiger partial charge in [-0.15, -0.1) is 0 Å². The summed E-state index contributed by atoms with van der Waals surface area (Å²) in [6.07, 6.45) is 3.27. The summed E-state index contributed by atoms with van der Waals surface area (Å²) in [5.74, 6) is -1.05. The van der Waals surface area contributed by atoms with Gasteiger partial charge in [0.15, 0.2) is 0 Å². The van der Waals surface area contributed by atoms with E-state index in [2.05, 4.69) is 10.6 Å². The molecular formula is C11H19N3O4. The first-order valence-electron chi connectivity index (χ1n) is 6.04. The Morgan fingerprint density at radius 3 is 2.50 bits per heavy atom. The number of carbonyl (C=O) groups excluding carboxylic acids is 2. The van der Waals surface area contributed by atoms with Crippen LogP contribution in [0.2, 0.25) is 0 Å². The molecule has 102 valence electrons. The number of rotatable bonds is 8. The second kappa shape index (κ2) is 6.83. The number of nitrogens with two attached hydrogens (primary N) is 1. The zero-order valence-corrected chi connectivity index (χ0v) is 10.1. The molecule has 0 aromatic carbocycles. The van der Waals surface area contributed by atoms with Crippen molar-refractivity contribution in [2.45, 2.75) is 38.1 Å². The van der Waals surface area contributed by atoms with Crippen LogP contribution >= 0.6 is 0 Å².